The van der Waals surface area contributed by atoms with Crippen LogP contribution in [0.5, 0.6) is 0 Å². The maximum atomic E-state index is 12.2. The highest BCUT2D eigenvalue weighted by molar-refractivity contribution is 7.12. The van der Waals surface area contributed by atoms with Crippen LogP contribution in [0.4, 0.5) is 5.69 Å². The molecule has 2 aromatic rings. The molecule has 1 aromatic heterocycles. The van der Waals surface area contributed by atoms with Crippen LogP contribution in [0.1, 0.15) is 38.4 Å². The number of esters is 1. The highest BCUT2D eigenvalue weighted by Crippen LogP contribution is 2.23. The molecule has 0 saturated carbocycles. The molecule has 2 amide bonds. The number of Topliss-reactive ketones (excluding diaryl/α,β-unsaturated/α-hetero) is 1. The fraction of sp³-hybridized carbons (Fsp3) is 0.263. The second-order valence-corrected chi connectivity index (χ2v) is 6.93. The van der Waals surface area contributed by atoms with Crippen molar-refractivity contribution in [1.29, 1.82) is 0 Å². The van der Waals surface area contributed by atoms with Crippen LogP contribution in [0.25, 0.3) is 0 Å². The summed E-state index contributed by atoms with van der Waals surface area (Å²) in [5.41, 5.74) is 2.04. The molecular weight excluding hydrogens is 368 g/mol. The molecule has 0 aliphatic carbocycles. The molecule has 1 aliphatic rings. The molecule has 0 atom stereocenters. The number of hydrogen-bond donors (Lipinski definition) is 2. The topological polar surface area (TPSA) is 102 Å². The van der Waals surface area contributed by atoms with Crippen molar-refractivity contribution in [2.24, 2.45) is 0 Å². The summed E-state index contributed by atoms with van der Waals surface area (Å²) < 4.78 is 4.98. The first-order valence-electron chi connectivity index (χ1n) is 8.46. The van der Waals surface area contributed by atoms with Crippen LogP contribution in [0.2, 0.25) is 0 Å². The summed E-state index contributed by atoms with van der Waals surface area (Å²) in [6, 6.07) is 8.46. The number of ether oxygens (including phenoxy) is 1. The van der Waals surface area contributed by atoms with E-state index in [-0.39, 0.29) is 37.2 Å². The van der Waals surface area contributed by atoms with Crippen LogP contribution in [-0.2, 0) is 20.7 Å². The maximum Gasteiger partial charge on any atom is 0.308 e. The first-order valence-corrected chi connectivity index (χ1v) is 9.34. The van der Waals surface area contributed by atoms with Gasteiger partial charge in [-0.3, -0.25) is 19.2 Å². The van der Waals surface area contributed by atoms with Gasteiger partial charge in [0.1, 0.15) is 0 Å². The molecule has 0 radical (unpaired) electrons. The molecule has 0 spiro atoms. The van der Waals surface area contributed by atoms with Crippen molar-refractivity contribution in [3.63, 3.8) is 0 Å². The maximum absolute atomic E-state index is 12.2. The molecule has 1 aliphatic heterocycles. The lowest BCUT2D eigenvalue weighted by atomic mass is 9.99. The van der Waals surface area contributed by atoms with Crippen molar-refractivity contribution in [2.45, 2.75) is 19.3 Å². The van der Waals surface area contributed by atoms with Crippen molar-refractivity contribution in [3.05, 3.63) is 51.7 Å². The number of benzene rings is 1. The van der Waals surface area contributed by atoms with Crippen LogP contribution in [0.15, 0.2) is 35.7 Å². The summed E-state index contributed by atoms with van der Waals surface area (Å²) in [7, 11) is 0. The van der Waals surface area contributed by atoms with Gasteiger partial charge in [-0.05, 0) is 41.6 Å². The quantitative estimate of drug-likeness (QED) is 0.561. The van der Waals surface area contributed by atoms with E-state index in [1.807, 2.05) is 0 Å². The van der Waals surface area contributed by atoms with E-state index < -0.39 is 5.97 Å². The largest absolute Gasteiger partial charge is 0.457 e. The molecule has 140 valence electrons. The van der Waals surface area contributed by atoms with Gasteiger partial charge in [-0.25, -0.2) is 0 Å². The molecule has 1 aromatic carbocycles. The van der Waals surface area contributed by atoms with Gasteiger partial charge in [-0.1, -0.05) is 6.07 Å². The number of rotatable bonds is 7. The van der Waals surface area contributed by atoms with Crippen molar-refractivity contribution in [1.82, 2.24) is 5.32 Å². The standard InChI is InChI=1S/C19H18N2O5S/c22-15(13-3-5-14-12(10-13)4-6-17(23)21-14)11-26-18(24)7-8-20-19(25)16-2-1-9-27-16/h1-3,5,9-10H,4,6-8,11H2,(H,20,25)(H,21,23). The molecule has 0 saturated heterocycles. The molecular formula is C19H18N2O5S. The minimum atomic E-state index is -0.556. The predicted molar refractivity (Wildman–Crippen MR) is 100.0 cm³/mol. The Hall–Kier alpha value is -3.00. The number of thiophene rings is 1. The molecule has 2 heterocycles. The zero-order chi connectivity index (χ0) is 19.2. The van der Waals surface area contributed by atoms with Gasteiger partial charge in [-0.2, -0.15) is 0 Å². The van der Waals surface area contributed by atoms with Gasteiger partial charge >= 0.3 is 5.97 Å². The highest BCUT2D eigenvalue weighted by Gasteiger charge is 2.17. The lowest BCUT2D eigenvalue weighted by Crippen LogP contribution is -2.26. The number of aryl methyl sites for hydroxylation is 1. The van der Waals surface area contributed by atoms with Gasteiger partial charge in [0.15, 0.2) is 12.4 Å². The SMILES string of the molecule is O=C1CCc2cc(C(=O)COC(=O)CCNC(=O)c3cccs3)ccc2N1. The number of amides is 2. The zero-order valence-electron chi connectivity index (χ0n) is 14.4. The van der Waals surface area contributed by atoms with Crippen molar-refractivity contribution < 1.29 is 23.9 Å². The van der Waals surface area contributed by atoms with Gasteiger partial charge in [0.25, 0.3) is 5.91 Å². The third-order valence-electron chi connectivity index (χ3n) is 4.05. The molecule has 8 heteroatoms. The number of carbonyl (C=O) groups is 4. The fourth-order valence-corrected chi connectivity index (χ4v) is 3.27. The Morgan fingerprint density at radius 3 is 2.81 bits per heavy atom. The van der Waals surface area contributed by atoms with Gasteiger partial charge < -0.3 is 15.4 Å². The summed E-state index contributed by atoms with van der Waals surface area (Å²) >= 11 is 1.32. The molecule has 0 bridgehead atoms. The van der Waals surface area contributed by atoms with Gasteiger partial charge in [0.05, 0.1) is 11.3 Å². The minimum absolute atomic E-state index is 0.0133. The normalized spacial score (nSPS) is 12.7. The lowest BCUT2D eigenvalue weighted by molar-refractivity contribution is -0.142. The first-order chi connectivity index (χ1) is 13.0. The Morgan fingerprint density at radius 1 is 1.19 bits per heavy atom. The Labute approximate surface area is 159 Å². The van der Waals surface area contributed by atoms with Crippen LogP contribution >= 0.6 is 11.3 Å². The van der Waals surface area contributed by atoms with Gasteiger partial charge in [-0.15, -0.1) is 11.3 Å². The van der Waals surface area contributed by atoms with Crippen LogP contribution in [0.3, 0.4) is 0 Å². The molecule has 27 heavy (non-hydrogen) atoms. The zero-order valence-corrected chi connectivity index (χ0v) is 15.3. The third-order valence-corrected chi connectivity index (χ3v) is 4.92. The van der Waals surface area contributed by atoms with E-state index in [0.29, 0.717) is 29.0 Å². The third kappa shape index (κ3) is 5.01. The number of anilines is 1. The number of ketones is 1. The fourth-order valence-electron chi connectivity index (χ4n) is 2.63. The van der Waals surface area contributed by atoms with Gasteiger partial charge in [0, 0.05) is 24.2 Å². The summed E-state index contributed by atoms with van der Waals surface area (Å²) in [5, 5.41) is 7.17. The van der Waals surface area contributed by atoms with Crippen LogP contribution < -0.4 is 10.6 Å². The Balaban J connectivity index is 1.43. The Kier molecular flexibility index (Phi) is 5.97. The van der Waals surface area contributed by atoms with Crippen LogP contribution in [0, 0.1) is 0 Å². The minimum Gasteiger partial charge on any atom is -0.457 e. The summed E-state index contributed by atoms with van der Waals surface area (Å²) in [6.45, 7) is -0.217. The number of carbonyl (C=O) groups excluding carboxylic acids is 4. The van der Waals surface area contributed by atoms with E-state index in [1.54, 1.807) is 35.7 Å². The van der Waals surface area contributed by atoms with E-state index >= 15 is 0 Å². The first kappa shape index (κ1) is 18.8. The van der Waals surface area contributed by atoms with E-state index in [9.17, 15) is 19.2 Å². The van der Waals surface area contributed by atoms with Crippen molar-refractivity contribution in [3.8, 4) is 0 Å². The molecule has 0 fully saturated rings. The smallest absolute Gasteiger partial charge is 0.308 e. The van der Waals surface area contributed by atoms with Crippen LogP contribution in [-0.4, -0.2) is 36.7 Å². The number of hydrogen-bond acceptors (Lipinski definition) is 6. The summed E-state index contributed by atoms with van der Waals surface area (Å²) in [4.78, 5) is 47.6. The Bertz CT molecular complexity index is 876. The van der Waals surface area contributed by atoms with E-state index in [0.717, 1.165) is 5.56 Å². The average molecular weight is 386 g/mol. The van der Waals surface area contributed by atoms with Crippen molar-refractivity contribution in [2.75, 3.05) is 18.5 Å². The highest BCUT2D eigenvalue weighted by atomic mass is 32.1. The molecule has 3 rings (SSSR count). The number of fused-ring (bicyclic) bond motifs is 1. The van der Waals surface area contributed by atoms with E-state index in [2.05, 4.69) is 10.6 Å². The predicted octanol–water partition coefficient (Wildman–Crippen LogP) is 2.18. The van der Waals surface area contributed by atoms with Crippen molar-refractivity contribution >= 4 is 40.6 Å². The summed E-state index contributed by atoms with van der Waals surface area (Å²) in [5.74, 6) is -1.15. The lowest BCUT2D eigenvalue weighted by Gasteiger charge is -2.17. The Morgan fingerprint density at radius 2 is 2.04 bits per heavy atom. The monoisotopic (exact) mass is 386 g/mol. The second-order valence-electron chi connectivity index (χ2n) is 5.99. The second kappa shape index (κ2) is 8.59. The number of nitrogens with one attached hydrogen (secondary N) is 2. The van der Waals surface area contributed by atoms with Gasteiger partial charge in [0.2, 0.25) is 5.91 Å². The molecule has 0 unspecified atom stereocenters. The van der Waals surface area contributed by atoms with E-state index in [4.69, 9.17) is 4.74 Å². The average Bonchev–Trinajstić information content (AvgIpc) is 3.20. The summed E-state index contributed by atoms with van der Waals surface area (Å²) in [6.07, 6.45) is 0.948. The molecule has 2 N–H and O–H groups in total. The molecule has 7 nitrogen and oxygen atoms in total. The van der Waals surface area contributed by atoms with E-state index in [1.165, 1.54) is 11.3 Å².